The van der Waals surface area contributed by atoms with Crippen molar-refractivity contribution in [1.29, 1.82) is 0 Å². The molecule has 2 heterocycles. The highest BCUT2D eigenvalue weighted by Gasteiger charge is 2.38. The molecule has 1 fully saturated rings. The molecule has 3 rings (SSSR count). The fourth-order valence-corrected chi connectivity index (χ4v) is 2.85. The van der Waals surface area contributed by atoms with E-state index < -0.39 is 23.9 Å². The lowest BCUT2D eigenvalue weighted by Gasteiger charge is -2.21. The number of halogens is 3. The molecular weight excluding hydrogens is 377 g/mol. The minimum Gasteiger partial charge on any atom is -0.447 e. The van der Waals surface area contributed by atoms with Crippen LogP contribution < -0.4 is 5.32 Å². The summed E-state index contributed by atoms with van der Waals surface area (Å²) in [7, 11) is 0. The first kappa shape index (κ1) is 19.7. The second kappa shape index (κ2) is 8.32. The third-order valence-corrected chi connectivity index (χ3v) is 4.36. The topological polar surface area (TPSA) is 76.5 Å². The largest absolute Gasteiger partial charge is 0.447 e. The van der Waals surface area contributed by atoms with Gasteiger partial charge in [-0.25, -0.2) is 9.78 Å². The van der Waals surface area contributed by atoms with Crippen molar-refractivity contribution < 1.29 is 27.5 Å². The smallest absolute Gasteiger partial charge is 0.416 e. The summed E-state index contributed by atoms with van der Waals surface area (Å²) in [6, 6.07) is 3.65. The lowest BCUT2D eigenvalue weighted by atomic mass is 10.1. The van der Waals surface area contributed by atoms with Crippen molar-refractivity contribution in [1.82, 2.24) is 19.8 Å². The van der Waals surface area contributed by atoms with Gasteiger partial charge in [-0.2, -0.15) is 13.2 Å². The normalized spacial score (nSPS) is 16.9. The fraction of sp³-hybridized carbons (Fsp3) is 0.389. The Balaban J connectivity index is 1.54. The summed E-state index contributed by atoms with van der Waals surface area (Å²) in [5, 5.41) is 2.76. The van der Waals surface area contributed by atoms with Gasteiger partial charge in [0.25, 0.3) is 0 Å². The van der Waals surface area contributed by atoms with E-state index in [0.717, 1.165) is 12.1 Å². The summed E-state index contributed by atoms with van der Waals surface area (Å²) in [4.78, 5) is 29.5. The maximum atomic E-state index is 12.6. The monoisotopic (exact) mass is 396 g/mol. The molecule has 7 nitrogen and oxygen atoms in total. The summed E-state index contributed by atoms with van der Waals surface area (Å²) in [5.74, 6) is -0.358. The van der Waals surface area contributed by atoms with Crippen LogP contribution in [0.4, 0.5) is 18.0 Å². The molecule has 0 aliphatic carbocycles. The van der Waals surface area contributed by atoms with Gasteiger partial charge in [0.2, 0.25) is 5.91 Å². The average Bonchev–Trinajstić information content (AvgIpc) is 3.29. The summed E-state index contributed by atoms with van der Waals surface area (Å²) in [6.07, 6.45) is 0.749. The van der Waals surface area contributed by atoms with E-state index in [9.17, 15) is 22.8 Å². The van der Waals surface area contributed by atoms with Crippen LogP contribution in [0.5, 0.6) is 0 Å². The van der Waals surface area contributed by atoms with Crippen LogP contribution in [0.2, 0.25) is 0 Å². The van der Waals surface area contributed by atoms with Gasteiger partial charge in [-0.15, -0.1) is 0 Å². The number of ether oxygens (including phenoxy) is 1. The van der Waals surface area contributed by atoms with E-state index in [0.29, 0.717) is 25.1 Å². The SMILES string of the molecule is O=C(NCCCn1ccnc1)[C@@H]1COC(=O)N1Cc1ccc(C(F)(F)F)cc1. The predicted octanol–water partition coefficient (Wildman–Crippen LogP) is 2.43. The second-order valence-electron chi connectivity index (χ2n) is 6.36. The van der Waals surface area contributed by atoms with Gasteiger partial charge >= 0.3 is 12.3 Å². The van der Waals surface area contributed by atoms with Gasteiger partial charge in [0, 0.05) is 25.5 Å². The molecule has 0 radical (unpaired) electrons. The first-order chi connectivity index (χ1) is 13.3. The van der Waals surface area contributed by atoms with Gasteiger partial charge in [-0.3, -0.25) is 9.69 Å². The number of amides is 2. The van der Waals surface area contributed by atoms with E-state index in [1.54, 1.807) is 12.5 Å². The van der Waals surface area contributed by atoms with Crippen LogP contribution in [-0.2, 0) is 28.8 Å². The Hall–Kier alpha value is -3.04. The molecule has 10 heteroatoms. The molecule has 28 heavy (non-hydrogen) atoms. The van der Waals surface area contributed by atoms with Crippen LogP contribution >= 0.6 is 0 Å². The lowest BCUT2D eigenvalue weighted by molar-refractivity contribution is -0.137. The van der Waals surface area contributed by atoms with Crippen LogP contribution in [0.15, 0.2) is 43.0 Å². The molecule has 1 aromatic heterocycles. The number of aryl methyl sites for hydroxylation is 1. The number of imidazole rings is 1. The van der Waals surface area contributed by atoms with Crippen LogP contribution in [0.25, 0.3) is 0 Å². The fourth-order valence-electron chi connectivity index (χ4n) is 2.85. The Morgan fingerprint density at radius 2 is 2.04 bits per heavy atom. The lowest BCUT2D eigenvalue weighted by Crippen LogP contribution is -2.45. The highest BCUT2D eigenvalue weighted by Crippen LogP contribution is 2.29. The number of aromatic nitrogens is 2. The van der Waals surface area contributed by atoms with Crippen molar-refractivity contribution in [2.45, 2.75) is 31.7 Å². The molecule has 2 amide bonds. The number of carbonyl (C=O) groups is 2. The zero-order valence-corrected chi connectivity index (χ0v) is 14.9. The first-order valence-corrected chi connectivity index (χ1v) is 8.67. The molecule has 0 bridgehead atoms. The Kier molecular flexibility index (Phi) is 5.86. The summed E-state index contributed by atoms with van der Waals surface area (Å²) < 4.78 is 44.8. The second-order valence-corrected chi connectivity index (χ2v) is 6.36. The molecule has 1 aliphatic heterocycles. The minimum absolute atomic E-state index is 0.00983. The molecule has 0 saturated carbocycles. The van der Waals surface area contributed by atoms with E-state index in [1.807, 2.05) is 10.8 Å². The van der Waals surface area contributed by atoms with Gasteiger partial charge in [0.1, 0.15) is 12.6 Å². The first-order valence-electron chi connectivity index (χ1n) is 8.67. The van der Waals surface area contributed by atoms with Crippen molar-refractivity contribution in [3.8, 4) is 0 Å². The minimum atomic E-state index is -4.43. The maximum Gasteiger partial charge on any atom is 0.416 e. The number of nitrogens with one attached hydrogen (secondary N) is 1. The average molecular weight is 396 g/mol. The number of cyclic esters (lactones) is 1. The number of hydrogen-bond donors (Lipinski definition) is 1. The zero-order valence-electron chi connectivity index (χ0n) is 14.9. The maximum absolute atomic E-state index is 12.6. The summed E-state index contributed by atoms with van der Waals surface area (Å²) >= 11 is 0. The number of rotatable bonds is 7. The highest BCUT2D eigenvalue weighted by molar-refractivity contribution is 5.87. The van der Waals surface area contributed by atoms with E-state index in [4.69, 9.17) is 4.74 Å². The van der Waals surface area contributed by atoms with Crippen LogP contribution in [0, 0.1) is 0 Å². The Morgan fingerprint density at radius 3 is 2.68 bits per heavy atom. The Morgan fingerprint density at radius 1 is 1.29 bits per heavy atom. The van der Waals surface area contributed by atoms with Crippen molar-refractivity contribution >= 4 is 12.0 Å². The van der Waals surface area contributed by atoms with E-state index >= 15 is 0 Å². The third-order valence-electron chi connectivity index (χ3n) is 4.36. The summed E-state index contributed by atoms with van der Waals surface area (Å²) in [5.41, 5.74) is -0.294. The standard InChI is InChI=1S/C18H19F3N4O3/c19-18(20,21)14-4-2-13(3-5-14)10-25-15(11-28-17(25)27)16(26)23-6-1-8-24-9-7-22-12-24/h2-5,7,9,12,15H,1,6,8,10-11H2,(H,23,26)/t15-/m0/s1. The number of hydrogen-bond acceptors (Lipinski definition) is 4. The molecular formula is C18H19F3N4O3. The quantitative estimate of drug-likeness (QED) is 0.730. The van der Waals surface area contributed by atoms with Crippen molar-refractivity contribution in [2.75, 3.05) is 13.2 Å². The van der Waals surface area contributed by atoms with Crippen LogP contribution in [0.1, 0.15) is 17.5 Å². The molecule has 1 atom stereocenters. The Labute approximate surface area is 159 Å². The van der Waals surface area contributed by atoms with Gasteiger partial charge in [-0.1, -0.05) is 12.1 Å². The molecule has 1 aliphatic rings. The molecule has 0 spiro atoms. The molecule has 0 unspecified atom stereocenters. The number of carbonyl (C=O) groups excluding carboxylic acids is 2. The van der Waals surface area contributed by atoms with Crippen molar-refractivity contribution in [2.24, 2.45) is 0 Å². The zero-order chi connectivity index (χ0) is 20.1. The van der Waals surface area contributed by atoms with Crippen LogP contribution in [0.3, 0.4) is 0 Å². The number of nitrogens with zero attached hydrogens (tertiary/aromatic N) is 3. The van der Waals surface area contributed by atoms with Gasteiger partial charge in [0.15, 0.2) is 0 Å². The van der Waals surface area contributed by atoms with Gasteiger partial charge in [0.05, 0.1) is 18.4 Å². The molecule has 2 aromatic rings. The molecule has 150 valence electrons. The molecule has 1 N–H and O–H groups in total. The van der Waals surface area contributed by atoms with Crippen molar-refractivity contribution in [3.05, 3.63) is 54.1 Å². The Bertz CT molecular complexity index is 806. The van der Waals surface area contributed by atoms with Crippen LogP contribution in [-0.4, -0.2) is 45.6 Å². The van der Waals surface area contributed by atoms with Crippen molar-refractivity contribution in [3.63, 3.8) is 0 Å². The number of benzene rings is 1. The highest BCUT2D eigenvalue weighted by atomic mass is 19.4. The predicted molar refractivity (Wildman–Crippen MR) is 92.0 cm³/mol. The molecule has 1 aromatic carbocycles. The number of alkyl halides is 3. The summed E-state index contributed by atoms with van der Waals surface area (Å²) in [6.45, 7) is 1.00. The van der Waals surface area contributed by atoms with E-state index in [-0.39, 0.29) is 19.1 Å². The molecule has 1 saturated heterocycles. The van der Waals surface area contributed by atoms with E-state index in [1.165, 1.54) is 17.0 Å². The van der Waals surface area contributed by atoms with E-state index in [2.05, 4.69) is 10.3 Å². The van der Waals surface area contributed by atoms with Gasteiger partial charge < -0.3 is 14.6 Å². The third kappa shape index (κ3) is 4.81. The van der Waals surface area contributed by atoms with Gasteiger partial charge in [-0.05, 0) is 24.1 Å².